The minimum absolute atomic E-state index is 0.212. The van der Waals surface area contributed by atoms with Crippen LogP contribution in [0.1, 0.15) is 0 Å². The Morgan fingerprint density at radius 1 is 1.03 bits per heavy atom. The van der Waals surface area contributed by atoms with Crippen LogP contribution < -0.4 is 14.5 Å². The summed E-state index contributed by atoms with van der Waals surface area (Å²) in [5, 5.41) is 13.0. The molecular weight excluding hydrogens is 391 g/mol. The molecule has 1 saturated heterocycles. The minimum atomic E-state index is -0.565. The molecule has 29 heavy (non-hydrogen) atoms. The lowest BCUT2D eigenvalue weighted by Crippen LogP contribution is -3.16. The third-order valence-corrected chi connectivity index (χ3v) is 5.84. The Hall–Kier alpha value is -2.34. The van der Waals surface area contributed by atoms with Crippen molar-refractivity contribution in [2.24, 2.45) is 0 Å². The molecule has 2 N–H and O–H groups in total. The fraction of sp³-hybridized carbons (Fsp3) is 0.304. The van der Waals surface area contributed by atoms with Gasteiger partial charge >= 0.3 is 0 Å². The lowest BCUT2D eigenvalue weighted by molar-refractivity contribution is -0.903. The van der Waals surface area contributed by atoms with Crippen LogP contribution in [0.3, 0.4) is 0 Å². The number of nitrogens with one attached hydrogen (secondary N) is 1. The van der Waals surface area contributed by atoms with Gasteiger partial charge in [0, 0.05) is 11.1 Å². The van der Waals surface area contributed by atoms with Gasteiger partial charge in [-0.1, -0.05) is 41.9 Å². The van der Waals surface area contributed by atoms with Crippen LogP contribution in [0, 0.1) is 5.82 Å². The predicted molar refractivity (Wildman–Crippen MR) is 115 cm³/mol. The molecule has 6 heteroatoms. The zero-order chi connectivity index (χ0) is 20.2. The van der Waals surface area contributed by atoms with Crippen LogP contribution in [-0.4, -0.2) is 50.5 Å². The number of piperazine rings is 1. The molecule has 1 heterocycles. The maximum absolute atomic E-state index is 13.1. The molecule has 0 aliphatic carbocycles. The van der Waals surface area contributed by atoms with Gasteiger partial charge in [0.1, 0.15) is 30.8 Å². The van der Waals surface area contributed by atoms with Gasteiger partial charge in [-0.05, 0) is 35.7 Å². The highest BCUT2D eigenvalue weighted by Crippen LogP contribution is 2.32. The molecule has 3 aromatic carbocycles. The van der Waals surface area contributed by atoms with Crippen molar-refractivity contribution < 1.29 is 19.1 Å². The SMILES string of the molecule is O[C@@H](COc1ccc2ccccc2c1Cl)C[NH+]1CCN(c2ccc(F)cc2)CC1. The van der Waals surface area contributed by atoms with Crippen molar-refractivity contribution in [2.75, 3.05) is 44.2 Å². The van der Waals surface area contributed by atoms with Crippen LogP contribution >= 0.6 is 11.6 Å². The molecule has 0 bridgehead atoms. The van der Waals surface area contributed by atoms with Crippen molar-refractivity contribution in [2.45, 2.75) is 6.10 Å². The van der Waals surface area contributed by atoms with E-state index >= 15 is 0 Å². The number of hydrogen-bond donors (Lipinski definition) is 2. The van der Waals surface area contributed by atoms with Crippen LogP contribution in [0.5, 0.6) is 5.75 Å². The zero-order valence-corrected chi connectivity index (χ0v) is 16.9. The second-order valence-electron chi connectivity index (χ2n) is 7.48. The second kappa shape index (κ2) is 8.99. The van der Waals surface area contributed by atoms with Crippen molar-refractivity contribution >= 4 is 28.1 Å². The van der Waals surface area contributed by atoms with Gasteiger partial charge in [-0.2, -0.15) is 0 Å². The lowest BCUT2D eigenvalue weighted by Gasteiger charge is -2.34. The maximum Gasteiger partial charge on any atom is 0.138 e. The first-order valence-corrected chi connectivity index (χ1v) is 10.3. The van der Waals surface area contributed by atoms with Gasteiger partial charge in [-0.25, -0.2) is 4.39 Å². The molecule has 4 rings (SSSR count). The van der Waals surface area contributed by atoms with Crippen LogP contribution in [0.2, 0.25) is 5.02 Å². The van der Waals surface area contributed by atoms with Crippen molar-refractivity contribution in [3.63, 3.8) is 0 Å². The quantitative estimate of drug-likeness (QED) is 0.650. The summed E-state index contributed by atoms with van der Waals surface area (Å²) in [6.45, 7) is 4.44. The molecule has 0 amide bonds. The summed E-state index contributed by atoms with van der Waals surface area (Å²) < 4.78 is 18.9. The maximum atomic E-state index is 13.1. The average molecular weight is 416 g/mol. The van der Waals surface area contributed by atoms with E-state index in [1.165, 1.54) is 17.0 Å². The van der Waals surface area contributed by atoms with Gasteiger partial charge in [-0.3, -0.25) is 0 Å². The Morgan fingerprint density at radius 3 is 2.52 bits per heavy atom. The van der Waals surface area contributed by atoms with Crippen molar-refractivity contribution in [1.29, 1.82) is 0 Å². The Labute approximate surface area is 175 Å². The molecule has 0 spiro atoms. The number of quaternary nitrogens is 1. The number of anilines is 1. The molecular formula is C23H25ClFN2O2+. The highest BCUT2D eigenvalue weighted by atomic mass is 35.5. The molecule has 0 unspecified atom stereocenters. The first-order chi connectivity index (χ1) is 14.1. The van der Waals surface area contributed by atoms with Gasteiger partial charge in [-0.15, -0.1) is 0 Å². The summed E-state index contributed by atoms with van der Waals surface area (Å²) in [5.41, 5.74) is 1.04. The number of rotatable bonds is 6. The monoisotopic (exact) mass is 415 g/mol. The van der Waals surface area contributed by atoms with E-state index in [1.54, 1.807) is 0 Å². The van der Waals surface area contributed by atoms with E-state index in [9.17, 15) is 9.50 Å². The van der Waals surface area contributed by atoms with E-state index in [0.717, 1.165) is 42.6 Å². The summed E-state index contributed by atoms with van der Waals surface area (Å²) in [4.78, 5) is 3.59. The molecule has 0 radical (unpaired) electrons. The summed E-state index contributed by atoms with van der Waals surface area (Å²) in [7, 11) is 0. The van der Waals surface area contributed by atoms with E-state index in [1.807, 2.05) is 48.5 Å². The summed E-state index contributed by atoms with van der Waals surface area (Å²) in [5.74, 6) is 0.383. The first-order valence-electron chi connectivity index (χ1n) is 9.92. The smallest absolute Gasteiger partial charge is 0.138 e. The Kier molecular flexibility index (Phi) is 6.19. The zero-order valence-electron chi connectivity index (χ0n) is 16.2. The third kappa shape index (κ3) is 4.81. The molecule has 1 atom stereocenters. The molecule has 1 aliphatic heterocycles. The number of benzene rings is 3. The van der Waals surface area contributed by atoms with Gasteiger partial charge in [0.05, 0.1) is 31.2 Å². The van der Waals surface area contributed by atoms with Crippen molar-refractivity contribution in [3.8, 4) is 5.75 Å². The van der Waals surface area contributed by atoms with E-state index in [-0.39, 0.29) is 12.4 Å². The van der Waals surface area contributed by atoms with Gasteiger partial charge in [0.25, 0.3) is 0 Å². The topological polar surface area (TPSA) is 37.1 Å². The highest BCUT2D eigenvalue weighted by molar-refractivity contribution is 6.37. The third-order valence-electron chi connectivity index (χ3n) is 5.45. The lowest BCUT2D eigenvalue weighted by atomic mass is 10.1. The fourth-order valence-corrected chi connectivity index (χ4v) is 4.13. The van der Waals surface area contributed by atoms with Crippen LogP contribution in [0.4, 0.5) is 10.1 Å². The van der Waals surface area contributed by atoms with E-state index in [4.69, 9.17) is 16.3 Å². The number of hydrogen-bond acceptors (Lipinski definition) is 3. The number of aliphatic hydroxyl groups is 1. The molecule has 1 aliphatic rings. The van der Waals surface area contributed by atoms with Gasteiger partial charge < -0.3 is 19.6 Å². The summed E-state index contributed by atoms with van der Waals surface area (Å²) >= 11 is 6.46. The fourth-order valence-electron chi connectivity index (χ4n) is 3.84. The molecule has 3 aromatic rings. The van der Waals surface area contributed by atoms with E-state index in [2.05, 4.69) is 4.90 Å². The van der Waals surface area contributed by atoms with Gasteiger partial charge in [0.2, 0.25) is 0 Å². The standard InChI is InChI=1S/C23H24ClFN2O2/c24-23-21-4-2-1-3-17(21)5-10-22(23)29-16-20(28)15-26-11-13-27(14-12-26)19-8-6-18(25)7-9-19/h1-10,20,28H,11-16H2/p+1/t20-/m1/s1. The number of nitrogens with zero attached hydrogens (tertiary/aromatic N) is 1. The Bertz CT molecular complexity index is 959. The Morgan fingerprint density at radius 2 is 1.76 bits per heavy atom. The highest BCUT2D eigenvalue weighted by Gasteiger charge is 2.23. The summed E-state index contributed by atoms with van der Waals surface area (Å²) in [6.07, 6.45) is -0.565. The second-order valence-corrected chi connectivity index (χ2v) is 7.86. The van der Waals surface area contributed by atoms with Crippen LogP contribution in [0.25, 0.3) is 10.8 Å². The molecule has 4 nitrogen and oxygen atoms in total. The van der Waals surface area contributed by atoms with Crippen molar-refractivity contribution in [3.05, 3.63) is 71.5 Å². The molecule has 1 fully saturated rings. The largest absolute Gasteiger partial charge is 0.489 e. The normalized spacial score (nSPS) is 16.2. The van der Waals surface area contributed by atoms with E-state index < -0.39 is 6.10 Å². The Balaban J connectivity index is 1.27. The average Bonchev–Trinajstić information content (AvgIpc) is 2.75. The van der Waals surface area contributed by atoms with Crippen LogP contribution in [-0.2, 0) is 0 Å². The number of halogens is 2. The minimum Gasteiger partial charge on any atom is -0.489 e. The van der Waals surface area contributed by atoms with E-state index in [0.29, 0.717) is 17.3 Å². The number of aliphatic hydroxyl groups excluding tert-OH is 1. The number of ether oxygens (including phenoxy) is 1. The molecule has 0 saturated carbocycles. The van der Waals surface area contributed by atoms with Crippen LogP contribution in [0.15, 0.2) is 60.7 Å². The molecule has 0 aromatic heterocycles. The molecule has 152 valence electrons. The first kappa shape index (κ1) is 20.0. The van der Waals surface area contributed by atoms with Gasteiger partial charge in [0.15, 0.2) is 0 Å². The summed E-state index contributed by atoms with van der Waals surface area (Å²) in [6, 6.07) is 18.3. The number of fused-ring (bicyclic) bond motifs is 1. The van der Waals surface area contributed by atoms with Crippen molar-refractivity contribution in [1.82, 2.24) is 0 Å². The predicted octanol–water partition coefficient (Wildman–Crippen LogP) is 2.78.